The molecule has 1 N–H and O–H groups in total. The van der Waals surface area contributed by atoms with Crippen LogP contribution in [0.15, 0.2) is 0 Å². The molecule has 1 rings (SSSR count). The van der Waals surface area contributed by atoms with E-state index in [1.807, 2.05) is 0 Å². The van der Waals surface area contributed by atoms with E-state index in [2.05, 4.69) is 11.2 Å². The maximum absolute atomic E-state index is 12.5. The SMILES string of the molecule is C#CCNC1CCC(F)(F)C1. The number of terminal acetylenes is 1. The van der Waals surface area contributed by atoms with Crippen LogP contribution in [0.25, 0.3) is 0 Å². The van der Waals surface area contributed by atoms with Gasteiger partial charge in [0.2, 0.25) is 5.92 Å². The largest absolute Gasteiger partial charge is 0.303 e. The van der Waals surface area contributed by atoms with E-state index in [0.29, 0.717) is 13.0 Å². The number of halogens is 2. The molecule has 0 aliphatic heterocycles. The molecule has 0 heterocycles. The molecule has 1 unspecified atom stereocenters. The zero-order chi connectivity index (χ0) is 8.32. The lowest BCUT2D eigenvalue weighted by Gasteiger charge is -2.09. The lowest BCUT2D eigenvalue weighted by molar-refractivity contribution is 0.00705. The van der Waals surface area contributed by atoms with Gasteiger partial charge >= 0.3 is 0 Å². The Hall–Kier alpha value is -0.620. The molecule has 1 aliphatic carbocycles. The van der Waals surface area contributed by atoms with Crippen LogP contribution in [0.4, 0.5) is 8.78 Å². The number of nitrogens with one attached hydrogen (secondary N) is 1. The van der Waals surface area contributed by atoms with Gasteiger partial charge in [-0.2, -0.15) is 0 Å². The summed E-state index contributed by atoms with van der Waals surface area (Å²) in [6.07, 6.45) is 5.45. The van der Waals surface area contributed by atoms with Gasteiger partial charge in [-0.1, -0.05) is 5.92 Å². The molecule has 1 fully saturated rings. The molecule has 0 aromatic rings. The van der Waals surface area contributed by atoms with Crippen LogP contribution >= 0.6 is 0 Å². The fourth-order valence-corrected chi connectivity index (χ4v) is 1.33. The van der Waals surface area contributed by atoms with Gasteiger partial charge in [-0.25, -0.2) is 8.78 Å². The zero-order valence-electron chi connectivity index (χ0n) is 6.24. The first-order chi connectivity index (χ1) is 5.14. The first-order valence-corrected chi connectivity index (χ1v) is 3.69. The van der Waals surface area contributed by atoms with Crippen molar-refractivity contribution in [3.63, 3.8) is 0 Å². The average molecular weight is 159 g/mol. The van der Waals surface area contributed by atoms with Crippen molar-refractivity contribution in [3.05, 3.63) is 0 Å². The van der Waals surface area contributed by atoms with Crippen molar-refractivity contribution >= 4 is 0 Å². The molecule has 11 heavy (non-hydrogen) atoms. The quantitative estimate of drug-likeness (QED) is 0.600. The molecule has 0 amide bonds. The summed E-state index contributed by atoms with van der Waals surface area (Å²) < 4.78 is 25.1. The lowest BCUT2D eigenvalue weighted by atomic mass is 10.2. The molecule has 1 aliphatic rings. The number of alkyl halides is 2. The Morgan fingerprint density at radius 1 is 1.64 bits per heavy atom. The first-order valence-electron chi connectivity index (χ1n) is 3.69. The monoisotopic (exact) mass is 159 g/mol. The van der Waals surface area contributed by atoms with Gasteiger partial charge in [0.1, 0.15) is 0 Å². The normalized spacial score (nSPS) is 28.3. The molecular formula is C8H11F2N. The fraction of sp³-hybridized carbons (Fsp3) is 0.750. The maximum Gasteiger partial charge on any atom is 0.249 e. The summed E-state index contributed by atoms with van der Waals surface area (Å²) in [6, 6.07) is -0.0824. The van der Waals surface area contributed by atoms with Gasteiger partial charge < -0.3 is 5.32 Å². The van der Waals surface area contributed by atoms with Gasteiger partial charge in [0.05, 0.1) is 6.54 Å². The van der Waals surface area contributed by atoms with Crippen LogP contribution < -0.4 is 5.32 Å². The van der Waals surface area contributed by atoms with Crippen molar-refractivity contribution < 1.29 is 8.78 Å². The standard InChI is InChI=1S/C8H11F2N/c1-2-5-11-7-3-4-8(9,10)6-7/h1,7,11H,3-6H2. The maximum atomic E-state index is 12.5. The van der Waals surface area contributed by atoms with E-state index in [9.17, 15) is 8.78 Å². The third kappa shape index (κ3) is 2.47. The Balaban J connectivity index is 2.26. The fourth-order valence-electron chi connectivity index (χ4n) is 1.33. The van der Waals surface area contributed by atoms with Crippen LogP contribution in [0.5, 0.6) is 0 Å². The van der Waals surface area contributed by atoms with Crippen LogP contribution in [0, 0.1) is 12.3 Å². The second-order valence-corrected chi connectivity index (χ2v) is 2.88. The van der Waals surface area contributed by atoms with Crippen LogP contribution in [-0.2, 0) is 0 Å². The molecule has 0 bridgehead atoms. The Morgan fingerprint density at radius 3 is 2.82 bits per heavy atom. The third-order valence-corrected chi connectivity index (χ3v) is 1.90. The molecule has 0 aromatic carbocycles. The summed E-state index contributed by atoms with van der Waals surface area (Å²) in [6.45, 7) is 0.390. The van der Waals surface area contributed by atoms with Gasteiger partial charge in [0, 0.05) is 18.9 Å². The predicted octanol–water partition coefficient (Wildman–Crippen LogP) is 1.40. The van der Waals surface area contributed by atoms with E-state index >= 15 is 0 Å². The van der Waals surface area contributed by atoms with Gasteiger partial charge in [0.25, 0.3) is 0 Å². The van der Waals surface area contributed by atoms with Crippen LogP contribution in [0.3, 0.4) is 0 Å². The van der Waals surface area contributed by atoms with E-state index in [4.69, 9.17) is 6.42 Å². The van der Waals surface area contributed by atoms with Crippen molar-refractivity contribution in [2.24, 2.45) is 0 Å². The smallest absolute Gasteiger partial charge is 0.249 e. The van der Waals surface area contributed by atoms with Crippen molar-refractivity contribution in [1.82, 2.24) is 5.32 Å². The highest BCUT2D eigenvalue weighted by atomic mass is 19.3. The predicted molar refractivity (Wildman–Crippen MR) is 39.4 cm³/mol. The van der Waals surface area contributed by atoms with Crippen LogP contribution in [0.1, 0.15) is 19.3 Å². The van der Waals surface area contributed by atoms with E-state index in [0.717, 1.165) is 0 Å². The highest BCUT2D eigenvalue weighted by Gasteiger charge is 2.38. The lowest BCUT2D eigenvalue weighted by Crippen LogP contribution is -2.28. The summed E-state index contributed by atoms with van der Waals surface area (Å²) in [5, 5.41) is 2.87. The zero-order valence-corrected chi connectivity index (χ0v) is 6.24. The van der Waals surface area contributed by atoms with E-state index in [1.165, 1.54) is 0 Å². The summed E-state index contributed by atoms with van der Waals surface area (Å²) >= 11 is 0. The molecule has 1 atom stereocenters. The third-order valence-electron chi connectivity index (χ3n) is 1.90. The highest BCUT2D eigenvalue weighted by Crippen LogP contribution is 2.34. The highest BCUT2D eigenvalue weighted by molar-refractivity contribution is 4.92. The minimum Gasteiger partial charge on any atom is -0.303 e. The van der Waals surface area contributed by atoms with Crippen molar-refractivity contribution in [1.29, 1.82) is 0 Å². The topological polar surface area (TPSA) is 12.0 Å². The summed E-state index contributed by atoms with van der Waals surface area (Å²) in [5.41, 5.74) is 0. The van der Waals surface area contributed by atoms with E-state index in [-0.39, 0.29) is 18.9 Å². The molecule has 1 nitrogen and oxygen atoms in total. The molecular weight excluding hydrogens is 148 g/mol. The van der Waals surface area contributed by atoms with Crippen LogP contribution in [-0.4, -0.2) is 18.5 Å². The van der Waals surface area contributed by atoms with E-state index < -0.39 is 5.92 Å². The second kappa shape index (κ2) is 3.19. The Morgan fingerprint density at radius 2 is 2.36 bits per heavy atom. The molecule has 0 saturated heterocycles. The van der Waals surface area contributed by atoms with Crippen molar-refractivity contribution in [2.45, 2.75) is 31.2 Å². The first kappa shape index (κ1) is 8.48. The average Bonchev–Trinajstić information content (AvgIpc) is 2.26. The summed E-state index contributed by atoms with van der Waals surface area (Å²) in [5.74, 6) is -0.100. The van der Waals surface area contributed by atoms with Crippen LogP contribution in [0.2, 0.25) is 0 Å². The number of hydrogen-bond acceptors (Lipinski definition) is 1. The van der Waals surface area contributed by atoms with Crippen molar-refractivity contribution in [3.8, 4) is 12.3 Å². The van der Waals surface area contributed by atoms with Gasteiger partial charge in [-0.3, -0.25) is 0 Å². The summed E-state index contributed by atoms with van der Waals surface area (Å²) in [4.78, 5) is 0. The second-order valence-electron chi connectivity index (χ2n) is 2.88. The number of hydrogen-bond donors (Lipinski definition) is 1. The van der Waals surface area contributed by atoms with Gasteiger partial charge in [0.15, 0.2) is 0 Å². The van der Waals surface area contributed by atoms with Gasteiger partial charge in [-0.15, -0.1) is 6.42 Å². The minimum atomic E-state index is -2.47. The summed E-state index contributed by atoms with van der Waals surface area (Å²) in [7, 11) is 0. The van der Waals surface area contributed by atoms with E-state index in [1.54, 1.807) is 0 Å². The minimum absolute atomic E-state index is 0.00472. The Kier molecular flexibility index (Phi) is 2.45. The molecule has 62 valence electrons. The molecule has 1 saturated carbocycles. The molecule has 0 spiro atoms. The number of rotatable bonds is 2. The molecule has 3 heteroatoms. The van der Waals surface area contributed by atoms with Gasteiger partial charge in [-0.05, 0) is 6.42 Å². The molecule has 0 radical (unpaired) electrons. The molecule has 0 aromatic heterocycles. The Bertz CT molecular complexity index is 171. The van der Waals surface area contributed by atoms with Crippen molar-refractivity contribution in [2.75, 3.05) is 6.54 Å². The Labute approximate surface area is 65.2 Å².